The monoisotopic (exact) mass is 240 g/mol. The van der Waals surface area contributed by atoms with Crippen molar-refractivity contribution in [3.05, 3.63) is 0 Å². The van der Waals surface area contributed by atoms with Gasteiger partial charge in [-0.2, -0.15) is 0 Å². The number of carbonyl (C=O) groups excluding carboxylic acids is 1. The third kappa shape index (κ3) is 3.68. The number of methoxy groups -OCH3 is 1. The van der Waals surface area contributed by atoms with Crippen molar-refractivity contribution in [2.75, 3.05) is 20.2 Å². The molecule has 17 heavy (non-hydrogen) atoms. The normalized spacial score (nSPS) is 23.5. The Morgan fingerprint density at radius 3 is 2.53 bits per heavy atom. The van der Waals surface area contributed by atoms with Crippen molar-refractivity contribution >= 4 is 5.97 Å². The van der Waals surface area contributed by atoms with Gasteiger partial charge in [0, 0.05) is 19.1 Å². The molecule has 0 amide bonds. The van der Waals surface area contributed by atoms with Crippen LogP contribution in [0, 0.1) is 5.92 Å². The van der Waals surface area contributed by atoms with Crippen molar-refractivity contribution in [3.8, 4) is 0 Å². The number of hydrogen-bond acceptors (Lipinski definition) is 4. The maximum atomic E-state index is 11.5. The van der Waals surface area contributed by atoms with Crippen LogP contribution in [0.1, 0.15) is 39.0 Å². The standard InChI is InChI=1S/C13H24N2O2/c1-13(14,12(16)17-2)7-8-15(11-5-6-11)9-10-3-4-10/h10-11H,3-9,14H2,1-2H3. The van der Waals surface area contributed by atoms with E-state index in [9.17, 15) is 4.79 Å². The van der Waals surface area contributed by atoms with Gasteiger partial charge in [-0.1, -0.05) is 0 Å². The summed E-state index contributed by atoms with van der Waals surface area (Å²) in [5.41, 5.74) is 5.14. The van der Waals surface area contributed by atoms with Gasteiger partial charge in [0.1, 0.15) is 5.54 Å². The lowest BCUT2D eigenvalue weighted by Crippen LogP contribution is -2.48. The van der Waals surface area contributed by atoms with E-state index in [1.165, 1.54) is 39.3 Å². The van der Waals surface area contributed by atoms with Crippen LogP contribution in [0.2, 0.25) is 0 Å². The van der Waals surface area contributed by atoms with Crippen LogP contribution in [0.5, 0.6) is 0 Å². The van der Waals surface area contributed by atoms with Gasteiger partial charge in [-0.25, -0.2) is 0 Å². The zero-order valence-electron chi connectivity index (χ0n) is 10.9. The van der Waals surface area contributed by atoms with Crippen LogP contribution in [-0.2, 0) is 9.53 Å². The van der Waals surface area contributed by atoms with Crippen LogP contribution in [0.15, 0.2) is 0 Å². The molecule has 4 nitrogen and oxygen atoms in total. The van der Waals surface area contributed by atoms with Gasteiger partial charge in [0.15, 0.2) is 0 Å². The molecule has 2 aliphatic carbocycles. The SMILES string of the molecule is COC(=O)C(C)(N)CCN(CC1CC1)C1CC1. The van der Waals surface area contributed by atoms with Crippen molar-refractivity contribution in [1.82, 2.24) is 4.90 Å². The first-order valence-electron chi connectivity index (χ1n) is 6.64. The van der Waals surface area contributed by atoms with E-state index in [0.29, 0.717) is 6.42 Å². The Labute approximate surface area is 103 Å². The minimum atomic E-state index is -0.842. The fourth-order valence-corrected chi connectivity index (χ4v) is 2.21. The predicted molar refractivity (Wildman–Crippen MR) is 66.5 cm³/mol. The number of hydrogen-bond donors (Lipinski definition) is 1. The largest absolute Gasteiger partial charge is 0.468 e. The molecule has 2 rings (SSSR count). The molecule has 1 unspecified atom stereocenters. The number of carbonyl (C=O) groups is 1. The molecule has 0 aromatic heterocycles. The van der Waals surface area contributed by atoms with E-state index < -0.39 is 5.54 Å². The van der Waals surface area contributed by atoms with E-state index in [0.717, 1.165) is 18.5 Å². The summed E-state index contributed by atoms with van der Waals surface area (Å²) in [7, 11) is 1.40. The van der Waals surface area contributed by atoms with Gasteiger partial charge in [-0.3, -0.25) is 4.79 Å². The number of nitrogens with two attached hydrogens (primary N) is 1. The van der Waals surface area contributed by atoms with Crippen LogP contribution in [0.3, 0.4) is 0 Å². The molecule has 0 aromatic carbocycles. The molecule has 0 heterocycles. The number of nitrogens with zero attached hydrogens (tertiary/aromatic N) is 1. The Morgan fingerprint density at radius 2 is 2.06 bits per heavy atom. The highest BCUT2D eigenvalue weighted by Gasteiger charge is 2.36. The maximum absolute atomic E-state index is 11.5. The molecule has 0 radical (unpaired) electrons. The molecule has 1 atom stereocenters. The van der Waals surface area contributed by atoms with Crippen molar-refractivity contribution in [2.24, 2.45) is 11.7 Å². The van der Waals surface area contributed by atoms with Gasteiger partial charge in [0.2, 0.25) is 0 Å². The van der Waals surface area contributed by atoms with Gasteiger partial charge in [-0.15, -0.1) is 0 Å². The predicted octanol–water partition coefficient (Wildman–Crippen LogP) is 1.14. The van der Waals surface area contributed by atoms with Crippen LogP contribution in [-0.4, -0.2) is 42.6 Å². The van der Waals surface area contributed by atoms with Gasteiger partial charge in [0.05, 0.1) is 7.11 Å². The second-order valence-electron chi connectivity index (χ2n) is 5.83. The quantitative estimate of drug-likeness (QED) is 0.678. The molecular weight excluding hydrogens is 216 g/mol. The van der Waals surface area contributed by atoms with Gasteiger partial charge >= 0.3 is 5.97 Å². The Bertz CT molecular complexity index is 283. The minimum Gasteiger partial charge on any atom is -0.468 e. The van der Waals surface area contributed by atoms with Gasteiger partial charge in [-0.05, 0) is 44.9 Å². The molecule has 0 aromatic rings. The van der Waals surface area contributed by atoms with Gasteiger partial charge in [0.25, 0.3) is 0 Å². The highest BCUT2D eigenvalue weighted by molar-refractivity contribution is 5.79. The highest BCUT2D eigenvalue weighted by atomic mass is 16.5. The zero-order chi connectivity index (χ0) is 12.5. The molecule has 2 aliphatic rings. The first kappa shape index (κ1) is 12.8. The molecule has 0 spiro atoms. The fourth-order valence-electron chi connectivity index (χ4n) is 2.21. The van der Waals surface area contributed by atoms with E-state index >= 15 is 0 Å². The van der Waals surface area contributed by atoms with Crippen molar-refractivity contribution < 1.29 is 9.53 Å². The Morgan fingerprint density at radius 1 is 1.41 bits per heavy atom. The lowest BCUT2D eigenvalue weighted by Gasteiger charge is -2.27. The fraction of sp³-hybridized carbons (Fsp3) is 0.923. The average molecular weight is 240 g/mol. The lowest BCUT2D eigenvalue weighted by atomic mass is 9.99. The Kier molecular flexibility index (Phi) is 3.73. The molecule has 98 valence electrons. The van der Waals surface area contributed by atoms with Crippen LogP contribution in [0.4, 0.5) is 0 Å². The highest BCUT2D eigenvalue weighted by Crippen LogP contribution is 2.35. The summed E-state index contributed by atoms with van der Waals surface area (Å²) < 4.78 is 4.73. The number of ether oxygens (including phenoxy) is 1. The van der Waals surface area contributed by atoms with Crippen LogP contribution < -0.4 is 5.73 Å². The molecule has 4 heteroatoms. The summed E-state index contributed by atoms with van der Waals surface area (Å²) in [5.74, 6) is 0.595. The summed E-state index contributed by atoms with van der Waals surface area (Å²) in [6, 6.07) is 0.754. The second kappa shape index (κ2) is 4.94. The summed E-state index contributed by atoms with van der Waals surface area (Å²) in [6.07, 6.45) is 6.06. The maximum Gasteiger partial charge on any atom is 0.325 e. The van der Waals surface area contributed by atoms with Crippen LogP contribution >= 0.6 is 0 Å². The van der Waals surface area contributed by atoms with E-state index in [-0.39, 0.29) is 5.97 Å². The topological polar surface area (TPSA) is 55.6 Å². The number of esters is 1. The first-order chi connectivity index (χ1) is 8.03. The van der Waals surface area contributed by atoms with E-state index in [2.05, 4.69) is 4.90 Å². The molecule has 2 N–H and O–H groups in total. The summed E-state index contributed by atoms with van der Waals surface area (Å²) in [4.78, 5) is 14.0. The average Bonchev–Trinajstić information content (AvgIpc) is 3.14. The molecule has 0 bridgehead atoms. The van der Waals surface area contributed by atoms with E-state index in [4.69, 9.17) is 10.5 Å². The molecule has 2 saturated carbocycles. The summed E-state index contributed by atoms with van der Waals surface area (Å²) in [5, 5.41) is 0. The Hall–Kier alpha value is -0.610. The van der Waals surface area contributed by atoms with E-state index in [1.807, 2.05) is 0 Å². The first-order valence-corrected chi connectivity index (χ1v) is 6.64. The van der Waals surface area contributed by atoms with Crippen molar-refractivity contribution in [1.29, 1.82) is 0 Å². The third-order valence-corrected chi connectivity index (χ3v) is 3.82. The number of rotatable bonds is 7. The van der Waals surface area contributed by atoms with Crippen LogP contribution in [0.25, 0.3) is 0 Å². The molecular formula is C13H24N2O2. The molecule has 0 aliphatic heterocycles. The third-order valence-electron chi connectivity index (χ3n) is 3.82. The minimum absolute atomic E-state index is 0.306. The van der Waals surface area contributed by atoms with Crippen molar-refractivity contribution in [2.45, 2.75) is 50.6 Å². The molecule has 0 saturated heterocycles. The van der Waals surface area contributed by atoms with Gasteiger partial charge < -0.3 is 15.4 Å². The smallest absolute Gasteiger partial charge is 0.325 e. The Balaban J connectivity index is 1.79. The van der Waals surface area contributed by atoms with Crippen molar-refractivity contribution in [3.63, 3.8) is 0 Å². The lowest BCUT2D eigenvalue weighted by molar-refractivity contribution is -0.146. The van der Waals surface area contributed by atoms with E-state index in [1.54, 1.807) is 6.92 Å². The molecule has 2 fully saturated rings. The zero-order valence-corrected chi connectivity index (χ0v) is 10.9. The summed E-state index contributed by atoms with van der Waals surface area (Å²) >= 11 is 0. The summed E-state index contributed by atoms with van der Waals surface area (Å²) in [6.45, 7) is 3.88. The second-order valence-corrected chi connectivity index (χ2v) is 5.83.